The van der Waals surface area contributed by atoms with Gasteiger partial charge in [-0.05, 0) is 17.9 Å². The van der Waals surface area contributed by atoms with Gasteiger partial charge in [0, 0.05) is 17.3 Å². The first kappa shape index (κ1) is 12.8. The second kappa shape index (κ2) is 6.33. The van der Waals surface area contributed by atoms with E-state index in [1.165, 1.54) is 0 Å². The van der Waals surface area contributed by atoms with Crippen LogP contribution in [-0.2, 0) is 0 Å². The molecule has 0 spiro atoms. The van der Waals surface area contributed by atoms with Gasteiger partial charge in [-0.3, -0.25) is 0 Å². The van der Waals surface area contributed by atoms with Gasteiger partial charge in [-0.2, -0.15) is 0 Å². The van der Waals surface area contributed by atoms with E-state index in [1.54, 1.807) is 18.1 Å². The van der Waals surface area contributed by atoms with Crippen LogP contribution in [0, 0.1) is 5.92 Å². The number of rotatable bonds is 5. The van der Waals surface area contributed by atoms with E-state index in [0.29, 0.717) is 17.7 Å². The summed E-state index contributed by atoms with van der Waals surface area (Å²) in [6.07, 6.45) is 1.64. The van der Waals surface area contributed by atoms with Crippen LogP contribution in [0.4, 0.5) is 0 Å². The Morgan fingerprint density at radius 3 is 2.67 bits per heavy atom. The van der Waals surface area contributed by atoms with E-state index in [1.807, 2.05) is 0 Å². The monoisotopic (exact) mass is 244 g/mol. The van der Waals surface area contributed by atoms with Crippen molar-refractivity contribution in [3.8, 4) is 0 Å². The van der Waals surface area contributed by atoms with Crippen molar-refractivity contribution in [2.75, 3.05) is 11.6 Å². The van der Waals surface area contributed by atoms with Gasteiger partial charge in [0.25, 0.3) is 0 Å². The van der Waals surface area contributed by atoms with Crippen LogP contribution >= 0.6 is 23.4 Å². The fraction of sp³-hybridized carbons (Fsp3) is 0.636. The van der Waals surface area contributed by atoms with Crippen LogP contribution in [0.5, 0.6) is 0 Å². The van der Waals surface area contributed by atoms with Crippen LogP contribution < -0.4 is 0 Å². The first-order valence-electron chi connectivity index (χ1n) is 5.14. The van der Waals surface area contributed by atoms with E-state index in [4.69, 9.17) is 11.6 Å². The summed E-state index contributed by atoms with van der Waals surface area (Å²) < 4.78 is 0. The smallest absolute Gasteiger partial charge is 0.116 e. The summed E-state index contributed by atoms with van der Waals surface area (Å²) in [5.41, 5.74) is 1.10. The lowest BCUT2D eigenvalue weighted by Gasteiger charge is -2.08. The molecule has 1 heterocycles. The molecule has 0 fully saturated rings. The third kappa shape index (κ3) is 4.39. The van der Waals surface area contributed by atoms with Crippen LogP contribution in [-0.4, -0.2) is 21.6 Å². The normalized spacial score (nSPS) is 13.1. The van der Waals surface area contributed by atoms with E-state index >= 15 is 0 Å². The van der Waals surface area contributed by atoms with Crippen LogP contribution in [0.15, 0.2) is 17.4 Å². The summed E-state index contributed by atoms with van der Waals surface area (Å²) in [5, 5.41) is 1.05. The minimum Gasteiger partial charge on any atom is -0.241 e. The van der Waals surface area contributed by atoms with Gasteiger partial charge < -0.3 is 0 Å². The summed E-state index contributed by atoms with van der Waals surface area (Å²) in [7, 11) is 0. The summed E-state index contributed by atoms with van der Waals surface area (Å²) in [6.45, 7) is 6.42. The maximum Gasteiger partial charge on any atom is 0.116 e. The zero-order chi connectivity index (χ0) is 11.3. The highest BCUT2D eigenvalue weighted by atomic mass is 35.5. The molecule has 2 nitrogen and oxygen atoms in total. The maximum absolute atomic E-state index is 5.75. The fourth-order valence-electron chi connectivity index (χ4n) is 1.02. The molecule has 0 bridgehead atoms. The average Bonchev–Trinajstić information content (AvgIpc) is 2.26. The summed E-state index contributed by atoms with van der Waals surface area (Å²) in [4.78, 5) is 8.47. The Bertz CT molecular complexity index is 304. The fourth-order valence-corrected chi connectivity index (χ4v) is 2.16. The molecule has 4 heteroatoms. The van der Waals surface area contributed by atoms with Gasteiger partial charge in [0.1, 0.15) is 6.33 Å². The topological polar surface area (TPSA) is 25.8 Å². The molecule has 1 aromatic rings. The van der Waals surface area contributed by atoms with E-state index < -0.39 is 0 Å². The minimum absolute atomic E-state index is 0.456. The molecule has 0 aliphatic carbocycles. The summed E-state index contributed by atoms with van der Waals surface area (Å²) in [6, 6.07) is 2.07. The minimum atomic E-state index is 0.456. The molecule has 0 radical (unpaired) electrons. The van der Waals surface area contributed by atoms with Gasteiger partial charge >= 0.3 is 0 Å². The van der Waals surface area contributed by atoms with Gasteiger partial charge in [-0.15, -0.1) is 23.4 Å². The van der Waals surface area contributed by atoms with E-state index in [2.05, 4.69) is 36.8 Å². The number of halogens is 1. The molecule has 0 aliphatic heterocycles. The van der Waals surface area contributed by atoms with Crippen molar-refractivity contribution in [2.45, 2.75) is 31.7 Å². The van der Waals surface area contributed by atoms with Crippen molar-refractivity contribution in [3.05, 3.63) is 18.1 Å². The lowest BCUT2D eigenvalue weighted by Crippen LogP contribution is -2.00. The molecule has 1 atom stereocenters. The first-order chi connectivity index (χ1) is 7.13. The predicted molar refractivity (Wildman–Crippen MR) is 66.7 cm³/mol. The van der Waals surface area contributed by atoms with Crippen molar-refractivity contribution in [1.29, 1.82) is 0 Å². The number of thioether (sulfide) groups is 1. The van der Waals surface area contributed by atoms with E-state index in [-0.39, 0.29) is 0 Å². The molecular weight excluding hydrogens is 228 g/mol. The summed E-state index contributed by atoms with van der Waals surface area (Å²) in [5.74, 6) is 2.69. The lowest BCUT2D eigenvalue weighted by molar-refractivity contribution is 0.756. The second-order valence-corrected chi connectivity index (χ2v) is 5.36. The maximum atomic E-state index is 5.75. The molecule has 84 valence electrons. The number of alkyl halides is 1. The van der Waals surface area contributed by atoms with E-state index in [9.17, 15) is 0 Å². The molecule has 0 saturated carbocycles. The molecule has 0 N–H and O–H groups in total. The number of hydrogen-bond donors (Lipinski definition) is 0. The Morgan fingerprint density at radius 1 is 1.33 bits per heavy atom. The van der Waals surface area contributed by atoms with Crippen molar-refractivity contribution >= 4 is 23.4 Å². The van der Waals surface area contributed by atoms with Gasteiger partial charge in [0.15, 0.2) is 0 Å². The van der Waals surface area contributed by atoms with Gasteiger partial charge in [-0.25, -0.2) is 9.97 Å². The SMILES string of the molecule is CC(CCl)CSc1cc(C(C)C)ncn1. The Hall–Kier alpha value is -0.280. The molecule has 0 saturated heterocycles. The molecular formula is C11H17ClN2S. The quantitative estimate of drug-likeness (QED) is 0.450. The van der Waals surface area contributed by atoms with Crippen LogP contribution in [0.2, 0.25) is 0 Å². The predicted octanol–water partition coefficient (Wildman–Crippen LogP) is 3.57. The Labute approximate surface area is 101 Å². The summed E-state index contributed by atoms with van der Waals surface area (Å²) >= 11 is 7.50. The molecule has 1 unspecified atom stereocenters. The van der Waals surface area contributed by atoms with Crippen LogP contribution in [0.25, 0.3) is 0 Å². The van der Waals surface area contributed by atoms with Crippen molar-refractivity contribution in [1.82, 2.24) is 9.97 Å². The largest absolute Gasteiger partial charge is 0.241 e. The number of hydrogen-bond acceptors (Lipinski definition) is 3. The molecule has 1 aromatic heterocycles. The first-order valence-corrected chi connectivity index (χ1v) is 6.66. The van der Waals surface area contributed by atoms with Gasteiger partial charge in [-0.1, -0.05) is 20.8 Å². The highest BCUT2D eigenvalue weighted by Crippen LogP contribution is 2.21. The molecule has 0 amide bonds. The zero-order valence-electron chi connectivity index (χ0n) is 9.40. The lowest BCUT2D eigenvalue weighted by atomic mass is 10.1. The van der Waals surface area contributed by atoms with Gasteiger partial charge in [0.2, 0.25) is 0 Å². The Morgan fingerprint density at radius 2 is 2.07 bits per heavy atom. The Kier molecular flexibility index (Phi) is 5.40. The molecule has 0 aromatic carbocycles. The van der Waals surface area contributed by atoms with Crippen LogP contribution in [0.1, 0.15) is 32.4 Å². The van der Waals surface area contributed by atoms with Crippen molar-refractivity contribution in [3.63, 3.8) is 0 Å². The Balaban J connectivity index is 2.58. The van der Waals surface area contributed by atoms with Gasteiger partial charge in [0.05, 0.1) is 5.03 Å². The zero-order valence-corrected chi connectivity index (χ0v) is 11.0. The standard InChI is InChI=1S/C11H17ClN2S/c1-8(2)10-4-11(14-7-13-10)15-6-9(3)5-12/h4,7-9H,5-6H2,1-3H3. The number of aromatic nitrogens is 2. The third-order valence-corrected chi connectivity index (χ3v) is 3.82. The second-order valence-electron chi connectivity index (χ2n) is 4.01. The van der Waals surface area contributed by atoms with Crippen molar-refractivity contribution in [2.24, 2.45) is 5.92 Å². The highest BCUT2D eigenvalue weighted by molar-refractivity contribution is 7.99. The highest BCUT2D eigenvalue weighted by Gasteiger charge is 2.05. The molecule has 1 rings (SSSR count). The van der Waals surface area contributed by atoms with E-state index in [0.717, 1.165) is 16.5 Å². The number of nitrogens with zero attached hydrogens (tertiary/aromatic N) is 2. The van der Waals surface area contributed by atoms with Crippen molar-refractivity contribution < 1.29 is 0 Å². The molecule has 0 aliphatic rings. The average molecular weight is 245 g/mol. The third-order valence-electron chi connectivity index (χ3n) is 2.03. The van der Waals surface area contributed by atoms with Crippen LogP contribution in [0.3, 0.4) is 0 Å². The molecule has 15 heavy (non-hydrogen) atoms.